The Bertz CT molecular complexity index is 230. The van der Waals surface area contributed by atoms with Crippen LogP contribution in [0, 0.1) is 0 Å². The number of nitrogens with zero attached hydrogens (tertiary/aromatic N) is 1. The summed E-state index contributed by atoms with van der Waals surface area (Å²) in [4.78, 5) is 1.79. The summed E-state index contributed by atoms with van der Waals surface area (Å²) in [5.74, 6) is -0.186. The number of allylic oxidation sites excluding steroid dienone is 5. The fourth-order valence-electron chi connectivity index (χ4n) is 0.793. The topological polar surface area (TPSA) is 3.24 Å². The van der Waals surface area contributed by atoms with Crippen LogP contribution >= 0.6 is 15.9 Å². The first kappa shape index (κ1) is 8.53. The van der Waals surface area contributed by atoms with Crippen LogP contribution in [0.2, 0.25) is 0 Å². The largest absolute Gasteiger partial charge is 0.339 e. The fraction of sp³-hybridized carbons (Fsp3) is 0.250. The highest BCUT2D eigenvalue weighted by Gasteiger charge is 2.05. The van der Waals surface area contributed by atoms with E-state index >= 15 is 0 Å². The van der Waals surface area contributed by atoms with E-state index in [4.69, 9.17) is 0 Å². The molecule has 1 aliphatic heterocycles. The zero-order chi connectivity index (χ0) is 8.27. The van der Waals surface area contributed by atoms with Gasteiger partial charge in [0.1, 0.15) is 5.83 Å². The van der Waals surface area contributed by atoms with Crippen LogP contribution in [-0.2, 0) is 0 Å². The first-order chi connectivity index (χ1) is 5.25. The Hall–Kier alpha value is -0.570. The Kier molecular flexibility index (Phi) is 2.88. The van der Waals surface area contributed by atoms with E-state index in [1.807, 2.05) is 6.20 Å². The van der Waals surface area contributed by atoms with E-state index in [0.29, 0.717) is 11.2 Å². The van der Waals surface area contributed by atoms with Crippen LogP contribution in [0.4, 0.5) is 4.39 Å². The van der Waals surface area contributed by atoms with Crippen LogP contribution in [0.1, 0.15) is 6.92 Å². The van der Waals surface area contributed by atoms with Gasteiger partial charge < -0.3 is 4.90 Å². The van der Waals surface area contributed by atoms with Gasteiger partial charge in [0.15, 0.2) is 0 Å². The molecule has 0 radical (unpaired) electrons. The zero-order valence-corrected chi connectivity index (χ0v) is 7.81. The first-order valence-electron chi connectivity index (χ1n) is 3.29. The minimum atomic E-state index is -0.186. The van der Waals surface area contributed by atoms with Crippen molar-refractivity contribution in [2.75, 3.05) is 5.45 Å². The van der Waals surface area contributed by atoms with Crippen molar-refractivity contribution < 1.29 is 4.39 Å². The summed E-state index contributed by atoms with van der Waals surface area (Å²) in [6.07, 6.45) is 6.76. The van der Waals surface area contributed by atoms with Gasteiger partial charge >= 0.3 is 0 Å². The average Bonchev–Trinajstić information content (AvgIpc) is 2.16. The molecule has 0 fully saturated rings. The van der Waals surface area contributed by atoms with Crippen molar-refractivity contribution in [2.45, 2.75) is 6.92 Å². The van der Waals surface area contributed by atoms with Gasteiger partial charge in [-0.05, 0) is 19.1 Å². The second-order valence-electron chi connectivity index (χ2n) is 2.22. The third kappa shape index (κ3) is 1.93. The average molecular weight is 218 g/mol. The highest BCUT2D eigenvalue weighted by molar-refractivity contribution is 9.09. The monoisotopic (exact) mass is 217 g/mol. The van der Waals surface area contributed by atoms with Crippen LogP contribution < -0.4 is 0 Å². The van der Waals surface area contributed by atoms with Gasteiger partial charge in [0.25, 0.3) is 0 Å². The lowest BCUT2D eigenvalue weighted by Gasteiger charge is -2.16. The summed E-state index contributed by atoms with van der Waals surface area (Å²) in [5.41, 5.74) is 1.25. The molecule has 0 N–H and O–H groups in total. The minimum Gasteiger partial charge on any atom is -0.339 e. The molecule has 1 rings (SSSR count). The molecule has 0 unspecified atom stereocenters. The van der Waals surface area contributed by atoms with E-state index in [9.17, 15) is 4.39 Å². The number of hydrogen-bond donors (Lipinski definition) is 0. The lowest BCUT2D eigenvalue weighted by atomic mass is 10.4. The lowest BCUT2D eigenvalue weighted by molar-refractivity contribution is 0.513. The van der Waals surface area contributed by atoms with Gasteiger partial charge in [0.2, 0.25) is 0 Å². The molecule has 1 aliphatic rings. The van der Waals surface area contributed by atoms with Crippen LogP contribution in [-0.4, -0.2) is 10.4 Å². The first-order valence-corrected chi connectivity index (χ1v) is 4.41. The molecule has 0 spiro atoms. The van der Waals surface area contributed by atoms with Gasteiger partial charge in [-0.25, -0.2) is 4.39 Å². The Morgan fingerprint density at radius 1 is 1.55 bits per heavy atom. The number of hydrogen-bond acceptors (Lipinski definition) is 1. The van der Waals surface area contributed by atoms with E-state index in [1.165, 1.54) is 6.08 Å². The molecular weight excluding hydrogens is 209 g/mol. The highest BCUT2D eigenvalue weighted by Crippen LogP contribution is 2.16. The van der Waals surface area contributed by atoms with Crippen molar-refractivity contribution in [1.82, 2.24) is 4.90 Å². The third-order valence-electron chi connectivity index (χ3n) is 1.52. The van der Waals surface area contributed by atoms with Crippen LogP contribution in [0.25, 0.3) is 0 Å². The SMILES string of the molecule is CC1=C(F)C=CC=CN1CBr. The molecule has 0 aromatic carbocycles. The van der Waals surface area contributed by atoms with Gasteiger partial charge in [0, 0.05) is 6.20 Å². The molecule has 3 heteroatoms. The van der Waals surface area contributed by atoms with E-state index < -0.39 is 0 Å². The van der Waals surface area contributed by atoms with Crippen molar-refractivity contribution in [1.29, 1.82) is 0 Å². The standard InChI is InChI=1S/C8H9BrFN/c1-7-8(10)4-2-3-5-11(7)6-9/h2-5H,6H2,1H3. The second kappa shape index (κ2) is 3.72. The molecule has 0 saturated heterocycles. The molecular formula is C8H9BrFN. The molecule has 0 aromatic rings. The molecule has 0 aromatic heterocycles. The smallest absolute Gasteiger partial charge is 0.142 e. The predicted octanol–water partition coefficient (Wildman–Crippen LogP) is 2.93. The molecule has 1 nitrogen and oxygen atoms in total. The van der Waals surface area contributed by atoms with Crippen LogP contribution in [0.15, 0.2) is 36.0 Å². The number of rotatable bonds is 1. The Balaban J connectivity index is 2.92. The van der Waals surface area contributed by atoms with E-state index in [1.54, 1.807) is 24.0 Å². The van der Waals surface area contributed by atoms with E-state index in [2.05, 4.69) is 15.9 Å². The van der Waals surface area contributed by atoms with Gasteiger partial charge in [-0.2, -0.15) is 0 Å². The molecule has 0 bridgehead atoms. The molecule has 11 heavy (non-hydrogen) atoms. The zero-order valence-electron chi connectivity index (χ0n) is 6.22. The van der Waals surface area contributed by atoms with Crippen molar-refractivity contribution in [3.63, 3.8) is 0 Å². The van der Waals surface area contributed by atoms with Gasteiger partial charge in [-0.15, -0.1) is 0 Å². The van der Waals surface area contributed by atoms with Gasteiger partial charge in [-0.3, -0.25) is 0 Å². The Labute approximate surface area is 74.0 Å². The maximum absolute atomic E-state index is 13.0. The van der Waals surface area contributed by atoms with Gasteiger partial charge in [0.05, 0.1) is 11.2 Å². The number of halogens is 2. The molecule has 1 heterocycles. The summed E-state index contributed by atoms with van der Waals surface area (Å²) in [7, 11) is 0. The lowest BCUT2D eigenvalue weighted by Crippen LogP contribution is -2.12. The third-order valence-corrected chi connectivity index (χ3v) is 2.07. The minimum absolute atomic E-state index is 0.186. The molecule has 0 aliphatic carbocycles. The van der Waals surface area contributed by atoms with Crippen LogP contribution in [0.3, 0.4) is 0 Å². The highest BCUT2D eigenvalue weighted by atomic mass is 79.9. The predicted molar refractivity (Wildman–Crippen MR) is 47.7 cm³/mol. The fourth-order valence-corrected chi connectivity index (χ4v) is 1.34. The summed E-state index contributed by atoms with van der Waals surface area (Å²) < 4.78 is 13.0. The normalized spacial score (nSPS) is 17.5. The molecule has 0 saturated carbocycles. The molecule has 60 valence electrons. The van der Waals surface area contributed by atoms with Crippen LogP contribution in [0.5, 0.6) is 0 Å². The molecule has 0 amide bonds. The van der Waals surface area contributed by atoms with E-state index in [-0.39, 0.29) is 5.83 Å². The van der Waals surface area contributed by atoms with Gasteiger partial charge in [-0.1, -0.05) is 22.0 Å². The van der Waals surface area contributed by atoms with Crippen molar-refractivity contribution in [3.8, 4) is 0 Å². The Morgan fingerprint density at radius 2 is 2.27 bits per heavy atom. The maximum atomic E-state index is 13.0. The summed E-state index contributed by atoms with van der Waals surface area (Å²) in [6.45, 7) is 1.75. The number of alkyl halides is 1. The van der Waals surface area contributed by atoms with Crippen molar-refractivity contribution in [3.05, 3.63) is 36.0 Å². The van der Waals surface area contributed by atoms with E-state index in [0.717, 1.165) is 0 Å². The van der Waals surface area contributed by atoms with Crippen molar-refractivity contribution >= 4 is 15.9 Å². The summed E-state index contributed by atoms with van der Waals surface area (Å²) >= 11 is 3.26. The summed E-state index contributed by atoms with van der Waals surface area (Å²) in [6, 6.07) is 0. The van der Waals surface area contributed by atoms with Crippen molar-refractivity contribution in [2.24, 2.45) is 0 Å². The quantitative estimate of drug-likeness (QED) is 0.483. The molecule has 0 atom stereocenters. The Morgan fingerprint density at radius 3 is 2.91 bits per heavy atom. The second-order valence-corrected chi connectivity index (χ2v) is 2.72. The maximum Gasteiger partial charge on any atom is 0.142 e. The summed E-state index contributed by atoms with van der Waals surface area (Å²) in [5, 5.41) is 0.